The molecule has 27 heavy (non-hydrogen) atoms. The maximum absolute atomic E-state index is 12.8. The summed E-state index contributed by atoms with van der Waals surface area (Å²) in [5, 5.41) is 12.0. The molecule has 3 rings (SSSR count). The van der Waals surface area contributed by atoms with Crippen molar-refractivity contribution in [3.63, 3.8) is 0 Å². The standard InChI is InChI=1S/C21H19N3O3/c1-3-20(25)24-11-5-7-16-17(6-4-8-18(16)24)21(26)23-15-9-10-19(27-2)14(12-15)13-22/h3-4,6,8-10,12H,1,5,7,11H2,2H3,(H,23,26). The summed E-state index contributed by atoms with van der Waals surface area (Å²) in [4.78, 5) is 26.6. The quantitative estimate of drug-likeness (QED) is 0.847. The molecule has 1 heterocycles. The first-order chi connectivity index (χ1) is 13.1. The van der Waals surface area contributed by atoms with E-state index in [0.717, 1.165) is 17.7 Å². The number of carbonyl (C=O) groups is 2. The van der Waals surface area contributed by atoms with Crippen molar-refractivity contribution in [3.8, 4) is 11.8 Å². The number of methoxy groups -OCH3 is 1. The Bertz CT molecular complexity index is 960. The van der Waals surface area contributed by atoms with Crippen molar-refractivity contribution in [2.24, 2.45) is 0 Å². The summed E-state index contributed by atoms with van der Waals surface area (Å²) in [6.45, 7) is 4.15. The van der Waals surface area contributed by atoms with E-state index in [1.807, 2.05) is 12.1 Å². The molecule has 0 saturated carbocycles. The molecule has 2 aromatic carbocycles. The summed E-state index contributed by atoms with van der Waals surface area (Å²) >= 11 is 0. The molecule has 0 spiro atoms. The summed E-state index contributed by atoms with van der Waals surface area (Å²) in [6.07, 6.45) is 2.77. The minimum Gasteiger partial charge on any atom is -0.495 e. The smallest absolute Gasteiger partial charge is 0.256 e. The first kappa shape index (κ1) is 18.2. The summed E-state index contributed by atoms with van der Waals surface area (Å²) in [7, 11) is 1.49. The lowest BCUT2D eigenvalue weighted by atomic mass is 9.95. The number of benzene rings is 2. The summed E-state index contributed by atoms with van der Waals surface area (Å²) in [5.41, 5.74) is 2.94. The topological polar surface area (TPSA) is 82.4 Å². The number of anilines is 2. The van der Waals surface area contributed by atoms with Gasteiger partial charge >= 0.3 is 0 Å². The average molecular weight is 361 g/mol. The van der Waals surface area contributed by atoms with E-state index in [4.69, 9.17) is 4.74 Å². The predicted molar refractivity (Wildman–Crippen MR) is 103 cm³/mol. The third-order valence-corrected chi connectivity index (χ3v) is 4.51. The molecule has 0 atom stereocenters. The van der Waals surface area contributed by atoms with Gasteiger partial charge in [-0.2, -0.15) is 5.26 Å². The number of hydrogen-bond donors (Lipinski definition) is 1. The minimum absolute atomic E-state index is 0.178. The number of amides is 2. The van der Waals surface area contributed by atoms with Gasteiger partial charge in [0, 0.05) is 23.5 Å². The molecule has 0 saturated heterocycles. The van der Waals surface area contributed by atoms with Crippen LogP contribution in [0.3, 0.4) is 0 Å². The van der Waals surface area contributed by atoms with E-state index in [9.17, 15) is 14.9 Å². The van der Waals surface area contributed by atoms with Crippen LogP contribution in [0.25, 0.3) is 0 Å². The van der Waals surface area contributed by atoms with Gasteiger partial charge in [-0.05, 0) is 54.8 Å². The SMILES string of the molecule is C=CC(=O)N1CCCc2c(C(=O)Nc3ccc(OC)c(C#N)c3)cccc21. The first-order valence-electron chi connectivity index (χ1n) is 8.54. The number of carbonyl (C=O) groups excluding carboxylic acids is 2. The number of nitrogens with one attached hydrogen (secondary N) is 1. The van der Waals surface area contributed by atoms with E-state index in [2.05, 4.69) is 11.9 Å². The van der Waals surface area contributed by atoms with Crippen LogP contribution in [0.1, 0.15) is 27.9 Å². The van der Waals surface area contributed by atoms with Crippen LogP contribution in [-0.2, 0) is 11.2 Å². The molecule has 6 nitrogen and oxygen atoms in total. The highest BCUT2D eigenvalue weighted by Gasteiger charge is 2.25. The molecule has 1 N–H and O–H groups in total. The Kier molecular flexibility index (Phi) is 5.23. The predicted octanol–water partition coefficient (Wildman–Crippen LogP) is 3.28. The third kappa shape index (κ3) is 3.53. The minimum atomic E-state index is -0.284. The number of hydrogen-bond acceptors (Lipinski definition) is 4. The van der Waals surface area contributed by atoms with Gasteiger partial charge in [0.05, 0.1) is 12.7 Å². The second-order valence-electron chi connectivity index (χ2n) is 6.08. The fourth-order valence-electron chi connectivity index (χ4n) is 3.25. The molecule has 1 aliphatic rings. The van der Waals surface area contributed by atoms with Crippen molar-refractivity contribution in [2.75, 3.05) is 23.9 Å². The van der Waals surface area contributed by atoms with Gasteiger partial charge in [0.2, 0.25) is 5.91 Å². The highest BCUT2D eigenvalue weighted by molar-refractivity contribution is 6.08. The van der Waals surface area contributed by atoms with Gasteiger partial charge in [-0.15, -0.1) is 0 Å². The summed E-state index contributed by atoms with van der Waals surface area (Å²) in [5.74, 6) is -0.0118. The molecule has 1 aliphatic heterocycles. The van der Waals surface area contributed by atoms with E-state index in [0.29, 0.717) is 35.5 Å². The monoisotopic (exact) mass is 361 g/mol. The summed E-state index contributed by atoms with van der Waals surface area (Å²) in [6, 6.07) is 12.3. The zero-order valence-electron chi connectivity index (χ0n) is 15.0. The number of fused-ring (bicyclic) bond motifs is 1. The number of ether oxygens (including phenoxy) is 1. The fraction of sp³-hybridized carbons (Fsp3) is 0.190. The van der Waals surface area contributed by atoms with Gasteiger partial charge < -0.3 is 15.0 Å². The normalized spacial score (nSPS) is 12.5. The molecule has 0 aromatic heterocycles. The Balaban J connectivity index is 1.92. The van der Waals surface area contributed by atoms with Crippen molar-refractivity contribution in [3.05, 3.63) is 65.7 Å². The van der Waals surface area contributed by atoms with E-state index in [1.165, 1.54) is 13.2 Å². The highest BCUT2D eigenvalue weighted by atomic mass is 16.5. The van der Waals surface area contributed by atoms with Crippen LogP contribution in [0.4, 0.5) is 11.4 Å². The molecule has 0 radical (unpaired) electrons. The van der Waals surface area contributed by atoms with E-state index >= 15 is 0 Å². The summed E-state index contributed by atoms with van der Waals surface area (Å²) < 4.78 is 5.12. The lowest BCUT2D eigenvalue weighted by Gasteiger charge is -2.29. The van der Waals surface area contributed by atoms with E-state index in [-0.39, 0.29) is 11.8 Å². The van der Waals surface area contributed by atoms with E-state index in [1.54, 1.807) is 35.2 Å². The van der Waals surface area contributed by atoms with Crippen molar-refractivity contribution in [2.45, 2.75) is 12.8 Å². The lowest BCUT2D eigenvalue weighted by molar-refractivity contribution is -0.114. The van der Waals surface area contributed by atoms with Crippen molar-refractivity contribution >= 4 is 23.2 Å². The van der Waals surface area contributed by atoms with Crippen molar-refractivity contribution < 1.29 is 14.3 Å². The molecule has 0 aliphatic carbocycles. The largest absolute Gasteiger partial charge is 0.495 e. The Morgan fingerprint density at radius 2 is 2.15 bits per heavy atom. The molecule has 0 unspecified atom stereocenters. The molecule has 6 heteroatoms. The molecule has 2 aromatic rings. The maximum atomic E-state index is 12.8. The molecule has 0 bridgehead atoms. The zero-order chi connectivity index (χ0) is 19.4. The second kappa shape index (κ2) is 7.75. The van der Waals surface area contributed by atoms with Gasteiger partial charge in [-0.3, -0.25) is 9.59 Å². The van der Waals surface area contributed by atoms with Crippen LogP contribution in [0.5, 0.6) is 5.75 Å². The number of nitrogens with zero attached hydrogens (tertiary/aromatic N) is 2. The van der Waals surface area contributed by atoms with Crippen LogP contribution in [0.15, 0.2) is 49.1 Å². The molecule has 136 valence electrons. The highest BCUT2D eigenvalue weighted by Crippen LogP contribution is 2.31. The van der Waals surface area contributed by atoms with Crippen LogP contribution in [0, 0.1) is 11.3 Å². The Hall–Kier alpha value is -3.59. The maximum Gasteiger partial charge on any atom is 0.256 e. The van der Waals surface area contributed by atoms with Gasteiger partial charge in [0.15, 0.2) is 0 Å². The fourth-order valence-corrected chi connectivity index (χ4v) is 3.25. The average Bonchev–Trinajstić information content (AvgIpc) is 2.72. The van der Waals surface area contributed by atoms with Gasteiger partial charge in [0.1, 0.15) is 11.8 Å². The van der Waals surface area contributed by atoms with Crippen molar-refractivity contribution in [1.82, 2.24) is 0 Å². The molecular formula is C21H19N3O3. The molecule has 0 fully saturated rings. The Morgan fingerprint density at radius 1 is 1.33 bits per heavy atom. The van der Waals surface area contributed by atoms with E-state index < -0.39 is 0 Å². The second-order valence-corrected chi connectivity index (χ2v) is 6.08. The Morgan fingerprint density at radius 3 is 2.85 bits per heavy atom. The van der Waals surface area contributed by atoms with Crippen molar-refractivity contribution in [1.29, 1.82) is 5.26 Å². The van der Waals surface area contributed by atoms with Crippen LogP contribution >= 0.6 is 0 Å². The van der Waals surface area contributed by atoms with Crippen LogP contribution < -0.4 is 15.0 Å². The zero-order valence-corrected chi connectivity index (χ0v) is 15.0. The van der Waals surface area contributed by atoms with Crippen LogP contribution in [-0.4, -0.2) is 25.5 Å². The Labute approximate surface area is 157 Å². The van der Waals surface area contributed by atoms with Gasteiger partial charge in [0.25, 0.3) is 5.91 Å². The van der Waals surface area contributed by atoms with Crippen LogP contribution in [0.2, 0.25) is 0 Å². The molecular weight excluding hydrogens is 342 g/mol. The van der Waals surface area contributed by atoms with Gasteiger partial charge in [-0.25, -0.2) is 0 Å². The number of rotatable bonds is 4. The number of nitriles is 1. The third-order valence-electron chi connectivity index (χ3n) is 4.51. The lowest BCUT2D eigenvalue weighted by Crippen LogP contribution is -2.35. The van der Waals surface area contributed by atoms with Gasteiger partial charge in [-0.1, -0.05) is 12.6 Å². The molecule has 2 amide bonds. The first-order valence-corrected chi connectivity index (χ1v) is 8.54.